The van der Waals surface area contributed by atoms with E-state index >= 15 is 0 Å². The van der Waals surface area contributed by atoms with Gasteiger partial charge in [0, 0.05) is 79.6 Å². The highest BCUT2D eigenvalue weighted by atomic mass is 35.5. The van der Waals surface area contributed by atoms with Crippen molar-refractivity contribution in [1.29, 1.82) is 0 Å². The van der Waals surface area contributed by atoms with Crippen LogP contribution in [0.3, 0.4) is 0 Å². The smallest absolute Gasteiger partial charge is 0.411 e. The van der Waals surface area contributed by atoms with Gasteiger partial charge in [-0.15, -0.1) is 0 Å². The lowest BCUT2D eigenvalue weighted by atomic mass is 10.0. The van der Waals surface area contributed by atoms with Crippen LogP contribution in [0.5, 0.6) is 11.5 Å². The van der Waals surface area contributed by atoms with Crippen LogP contribution in [-0.2, 0) is 16.1 Å². The Kier molecular flexibility index (Phi) is 12.3. The molecule has 4 aromatic carbocycles. The van der Waals surface area contributed by atoms with E-state index in [-0.39, 0.29) is 41.8 Å². The summed E-state index contributed by atoms with van der Waals surface area (Å²) in [7, 11) is 1.53. The normalized spacial score (nSPS) is 14.1. The first-order valence-corrected chi connectivity index (χ1v) is 17.8. The number of rotatable bonds is 13. The number of hydrogen-bond acceptors (Lipinski definition) is 9. The predicted octanol–water partition coefficient (Wildman–Crippen LogP) is 6.32. The van der Waals surface area contributed by atoms with Crippen LogP contribution in [0.4, 0.5) is 16.2 Å². The molecule has 1 aromatic heterocycles. The van der Waals surface area contributed by atoms with E-state index in [1.54, 1.807) is 30.3 Å². The fourth-order valence-electron chi connectivity index (χ4n) is 6.50. The number of hydrogen-bond donors (Lipinski definition) is 5. The third kappa shape index (κ3) is 9.34. The number of ether oxygens (including phenoxy) is 2. The van der Waals surface area contributed by atoms with Gasteiger partial charge in [-0.1, -0.05) is 60.7 Å². The number of phenols is 1. The molecule has 5 aromatic rings. The van der Waals surface area contributed by atoms with Crippen LogP contribution in [0.2, 0.25) is 0 Å². The minimum atomic E-state index is -0.920. The van der Waals surface area contributed by atoms with Gasteiger partial charge in [-0.05, 0) is 48.2 Å². The summed E-state index contributed by atoms with van der Waals surface area (Å²) < 4.78 is 12.4. The molecule has 13 heteroatoms. The molecule has 1 atom stereocenters. The largest absolute Gasteiger partial charge is 0.506 e. The molecule has 0 spiro atoms. The molecule has 1 aliphatic rings. The highest BCUT2D eigenvalue weighted by Crippen LogP contribution is 2.31. The average Bonchev–Trinajstić information content (AvgIpc) is 3.18. The number of H-pyrrole nitrogens is 1. The minimum Gasteiger partial charge on any atom is -0.506 e. The fraction of sp³-hybridized carbons (Fsp3) is 0.275. The van der Waals surface area contributed by atoms with Crippen molar-refractivity contribution in [2.45, 2.75) is 38.0 Å². The van der Waals surface area contributed by atoms with Crippen LogP contribution < -0.4 is 25.3 Å². The van der Waals surface area contributed by atoms with Crippen LogP contribution in [0.1, 0.15) is 36.5 Å². The molecule has 6 rings (SSSR count). The molecular formula is C40H42ClN5O7. The molecule has 5 N–H and O–H groups in total. The summed E-state index contributed by atoms with van der Waals surface area (Å²) in [6, 6.07) is 28.7. The van der Waals surface area contributed by atoms with Crippen LogP contribution >= 0.6 is 11.8 Å². The van der Waals surface area contributed by atoms with E-state index in [0.717, 1.165) is 21.1 Å². The van der Waals surface area contributed by atoms with Gasteiger partial charge in [0.25, 0.3) is 0 Å². The van der Waals surface area contributed by atoms with Crippen molar-refractivity contribution in [1.82, 2.24) is 15.2 Å². The molecule has 0 aliphatic carbocycles. The molecule has 1 fully saturated rings. The summed E-state index contributed by atoms with van der Waals surface area (Å²) in [5, 5.41) is 27.7. The Labute approximate surface area is 312 Å². The van der Waals surface area contributed by atoms with Crippen LogP contribution in [0.15, 0.2) is 102 Å². The number of nitrogens with zero attached hydrogens (tertiary/aromatic N) is 2. The van der Waals surface area contributed by atoms with E-state index in [4.69, 9.17) is 21.3 Å². The van der Waals surface area contributed by atoms with E-state index in [0.29, 0.717) is 67.1 Å². The highest BCUT2D eigenvalue weighted by molar-refractivity contribution is 6.36. The molecule has 1 aliphatic heterocycles. The Balaban J connectivity index is 0.944. The lowest BCUT2D eigenvalue weighted by Crippen LogP contribution is -2.40. The Morgan fingerprint density at radius 1 is 1.00 bits per heavy atom. The molecule has 2 heterocycles. The number of amides is 2. The van der Waals surface area contributed by atoms with E-state index in [1.807, 2.05) is 54.6 Å². The van der Waals surface area contributed by atoms with Crippen molar-refractivity contribution in [3.63, 3.8) is 0 Å². The SMILES string of the molecule is COc1cc(N(Cl)C(=O)CCN2CCC(OC(=O)Nc3ccccc3-c3ccccc3)CC2)ccc1CNCC(O)c1ccc(O)c2[nH]c(=O)ccc12. The molecule has 0 bridgehead atoms. The van der Waals surface area contributed by atoms with Gasteiger partial charge in [-0.3, -0.25) is 14.9 Å². The number of benzene rings is 4. The van der Waals surface area contributed by atoms with Gasteiger partial charge in [0.05, 0.1) is 30.1 Å². The van der Waals surface area contributed by atoms with Crippen molar-refractivity contribution in [2.75, 3.05) is 43.0 Å². The summed E-state index contributed by atoms with van der Waals surface area (Å²) in [5.74, 6) is 0.180. The van der Waals surface area contributed by atoms with Gasteiger partial charge >= 0.3 is 6.09 Å². The van der Waals surface area contributed by atoms with Crippen molar-refractivity contribution in [3.05, 3.63) is 119 Å². The van der Waals surface area contributed by atoms with Crippen molar-refractivity contribution in [2.24, 2.45) is 0 Å². The van der Waals surface area contributed by atoms with Crippen LogP contribution in [-0.4, -0.2) is 71.5 Å². The fourth-order valence-corrected chi connectivity index (χ4v) is 6.69. The number of aromatic hydroxyl groups is 1. The second-order valence-electron chi connectivity index (χ2n) is 12.8. The number of pyridine rings is 1. The number of methoxy groups -OCH3 is 1. The molecular weight excluding hydrogens is 698 g/mol. The molecule has 1 unspecified atom stereocenters. The zero-order chi connectivity index (χ0) is 37.3. The Morgan fingerprint density at radius 3 is 2.53 bits per heavy atom. The van der Waals surface area contributed by atoms with Crippen molar-refractivity contribution >= 4 is 46.1 Å². The number of piperidine rings is 1. The summed E-state index contributed by atoms with van der Waals surface area (Å²) in [4.78, 5) is 42.3. The zero-order valence-electron chi connectivity index (χ0n) is 29.3. The zero-order valence-corrected chi connectivity index (χ0v) is 30.0. The second kappa shape index (κ2) is 17.4. The summed E-state index contributed by atoms with van der Waals surface area (Å²) in [6.07, 6.45) is -0.118. The van der Waals surface area contributed by atoms with Gasteiger partial charge in [0.15, 0.2) is 0 Å². The summed E-state index contributed by atoms with van der Waals surface area (Å²) in [6.45, 7) is 2.41. The number of anilines is 2. The van der Waals surface area contributed by atoms with E-state index in [9.17, 15) is 24.6 Å². The molecule has 0 saturated carbocycles. The minimum absolute atomic E-state index is 0.0753. The van der Waals surface area contributed by atoms with Crippen LogP contribution in [0.25, 0.3) is 22.0 Å². The quantitative estimate of drug-likeness (QED) is 0.0872. The highest BCUT2D eigenvalue weighted by Gasteiger charge is 2.24. The Hall–Kier alpha value is -5.40. The Morgan fingerprint density at radius 2 is 1.75 bits per heavy atom. The van der Waals surface area contributed by atoms with Gasteiger partial charge in [0.2, 0.25) is 11.5 Å². The molecule has 0 radical (unpaired) electrons. The first-order valence-electron chi connectivity index (χ1n) is 17.4. The number of likely N-dealkylation sites (tertiary alicyclic amines) is 1. The number of halogens is 1. The van der Waals surface area contributed by atoms with Gasteiger partial charge in [0.1, 0.15) is 17.6 Å². The Bertz CT molecular complexity index is 2100. The maximum absolute atomic E-state index is 13.1. The first kappa shape index (κ1) is 37.4. The van der Waals surface area contributed by atoms with Gasteiger partial charge in [-0.2, -0.15) is 0 Å². The van der Waals surface area contributed by atoms with Crippen LogP contribution in [0, 0.1) is 0 Å². The van der Waals surface area contributed by atoms with Gasteiger partial charge in [-0.25, -0.2) is 9.21 Å². The average molecular weight is 740 g/mol. The summed E-state index contributed by atoms with van der Waals surface area (Å²) in [5.41, 5.74) is 4.34. The number of aromatic nitrogens is 1. The second-order valence-corrected chi connectivity index (χ2v) is 13.2. The number of nitrogens with one attached hydrogen (secondary N) is 3. The topological polar surface area (TPSA) is 156 Å². The van der Waals surface area contributed by atoms with E-state index in [2.05, 4.69) is 20.5 Å². The number of para-hydroxylation sites is 1. The first-order chi connectivity index (χ1) is 25.7. The van der Waals surface area contributed by atoms with E-state index in [1.165, 1.54) is 19.2 Å². The van der Waals surface area contributed by atoms with Gasteiger partial charge < -0.3 is 34.9 Å². The molecule has 276 valence electrons. The number of fused-ring (bicyclic) bond motifs is 1. The number of carbonyl (C=O) groups is 2. The lowest BCUT2D eigenvalue weighted by Gasteiger charge is -2.31. The standard InChI is InChI=1S/C40H42ClN5O7/c1-52-36-23-28(12-11-27(36)24-42-25-35(48)31-13-15-34(47)39-32(31)14-16-37(49)44-39)46(41)38(50)19-22-45-20-17-29(18-21-45)53-40(51)43-33-10-6-5-9-30(33)26-7-3-2-4-8-26/h2-16,23,29,35,42,47-48H,17-22,24-25H2,1H3,(H,43,51)(H,44,49). The number of aliphatic hydroxyl groups is 1. The molecule has 53 heavy (non-hydrogen) atoms. The maximum atomic E-state index is 13.1. The van der Waals surface area contributed by atoms with E-state index < -0.39 is 12.2 Å². The molecule has 2 amide bonds. The molecule has 12 nitrogen and oxygen atoms in total. The third-order valence-electron chi connectivity index (χ3n) is 9.33. The number of aromatic amines is 1. The predicted molar refractivity (Wildman–Crippen MR) is 205 cm³/mol. The third-order valence-corrected chi connectivity index (χ3v) is 9.72. The molecule has 1 saturated heterocycles. The number of phenolic OH excluding ortho intramolecular Hbond substituents is 1. The number of aliphatic hydroxyl groups excluding tert-OH is 1. The lowest BCUT2D eigenvalue weighted by molar-refractivity contribution is -0.117. The van der Waals surface area contributed by atoms with Crippen molar-refractivity contribution < 1.29 is 29.3 Å². The van der Waals surface area contributed by atoms with Crippen molar-refractivity contribution in [3.8, 4) is 22.6 Å². The summed E-state index contributed by atoms with van der Waals surface area (Å²) >= 11 is 6.49. The monoisotopic (exact) mass is 739 g/mol. The maximum Gasteiger partial charge on any atom is 0.411 e. The number of carbonyl (C=O) groups excluding carboxylic acids is 2.